The number of anilines is 3. The summed E-state index contributed by atoms with van der Waals surface area (Å²) in [6.07, 6.45) is 0. The molecule has 0 aliphatic carbocycles. The molecule has 0 aromatic carbocycles. The van der Waals surface area contributed by atoms with Crippen LogP contribution in [0.1, 0.15) is 27.7 Å². The van der Waals surface area contributed by atoms with Crippen molar-refractivity contribution >= 4 is 23.5 Å². The van der Waals surface area contributed by atoms with Gasteiger partial charge in [-0.3, -0.25) is 4.79 Å². The Morgan fingerprint density at radius 2 is 1.95 bits per heavy atom. The lowest BCUT2D eigenvalue weighted by Crippen LogP contribution is -2.39. The van der Waals surface area contributed by atoms with E-state index in [2.05, 4.69) is 25.9 Å². The summed E-state index contributed by atoms with van der Waals surface area (Å²) in [4.78, 5) is 20.0. The number of hydrogen-bond acceptors (Lipinski definition) is 6. The Morgan fingerprint density at radius 3 is 2.55 bits per heavy atom. The quantitative estimate of drug-likeness (QED) is 0.595. The van der Waals surface area contributed by atoms with E-state index >= 15 is 0 Å². The Kier molecular flexibility index (Phi) is 6.02. The molecular weight excluding hydrogens is 256 g/mol. The standard InChI is InChI=1S/C13H24N6O/c1-5-15-10-6-11(19-13(14)18-10)17-9(4)12(20)16-7-8(2)3/h6,8-9H,5,7H2,1-4H3,(H,16,20)(H4,14,15,17,18,19). The van der Waals surface area contributed by atoms with Gasteiger partial charge in [0.05, 0.1) is 0 Å². The molecule has 7 nitrogen and oxygen atoms in total. The molecule has 0 bridgehead atoms. The maximum absolute atomic E-state index is 11.9. The lowest BCUT2D eigenvalue weighted by atomic mass is 10.2. The van der Waals surface area contributed by atoms with E-state index < -0.39 is 6.04 Å². The lowest BCUT2D eigenvalue weighted by molar-refractivity contribution is -0.121. The summed E-state index contributed by atoms with van der Waals surface area (Å²) in [6.45, 7) is 9.23. The maximum Gasteiger partial charge on any atom is 0.242 e. The minimum atomic E-state index is -0.391. The van der Waals surface area contributed by atoms with Crippen LogP contribution in [0.5, 0.6) is 0 Å². The summed E-state index contributed by atoms with van der Waals surface area (Å²) in [5.41, 5.74) is 5.64. The molecule has 5 N–H and O–H groups in total. The Bertz CT molecular complexity index is 448. The molecule has 1 amide bonds. The third-order valence-electron chi connectivity index (χ3n) is 2.54. The van der Waals surface area contributed by atoms with Gasteiger partial charge in [0.25, 0.3) is 0 Å². The van der Waals surface area contributed by atoms with E-state index in [1.165, 1.54) is 0 Å². The normalized spacial score (nSPS) is 12.1. The minimum Gasteiger partial charge on any atom is -0.370 e. The van der Waals surface area contributed by atoms with Gasteiger partial charge in [0.15, 0.2) is 0 Å². The number of rotatable bonds is 7. The fraction of sp³-hybridized carbons (Fsp3) is 0.615. The molecule has 0 saturated heterocycles. The van der Waals surface area contributed by atoms with Gasteiger partial charge in [-0.2, -0.15) is 9.97 Å². The van der Waals surface area contributed by atoms with Gasteiger partial charge >= 0.3 is 0 Å². The van der Waals surface area contributed by atoms with Crippen LogP contribution in [0, 0.1) is 5.92 Å². The lowest BCUT2D eigenvalue weighted by Gasteiger charge is -2.16. The zero-order chi connectivity index (χ0) is 15.1. The number of nitrogens with one attached hydrogen (secondary N) is 3. The number of nitrogens with zero attached hydrogens (tertiary/aromatic N) is 2. The summed E-state index contributed by atoms with van der Waals surface area (Å²) in [5, 5.41) is 8.95. The van der Waals surface area contributed by atoms with Gasteiger partial charge in [-0.15, -0.1) is 0 Å². The van der Waals surface area contributed by atoms with Crippen molar-refractivity contribution in [3.05, 3.63) is 6.07 Å². The van der Waals surface area contributed by atoms with E-state index in [9.17, 15) is 4.79 Å². The average Bonchev–Trinajstić information content (AvgIpc) is 2.35. The van der Waals surface area contributed by atoms with Gasteiger partial charge in [0.2, 0.25) is 11.9 Å². The van der Waals surface area contributed by atoms with E-state index in [0.29, 0.717) is 24.1 Å². The average molecular weight is 280 g/mol. The van der Waals surface area contributed by atoms with Gasteiger partial charge in [0, 0.05) is 19.2 Å². The third-order valence-corrected chi connectivity index (χ3v) is 2.54. The van der Waals surface area contributed by atoms with Crippen LogP contribution in [0.15, 0.2) is 6.07 Å². The van der Waals surface area contributed by atoms with Crippen molar-refractivity contribution in [2.45, 2.75) is 33.7 Å². The van der Waals surface area contributed by atoms with Crippen LogP contribution < -0.4 is 21.7 Å². The van der Waals surface area contributed by atoms with Gasteiger partial charge in [0.1, 0.15) is 17.7 Å². The first kappa shape index (κ1) is 16.0. The Hall–Kier alpha value is -2.05. The predicted octanol–water partition coefficient (Wildman–Crippen LogP) is 1.06. The Morgan fingerprint density at radius 1 is 1.30 bits per heavy atom. The fourth-order valence-corrected chi connectivity index (χ4v) is 1.56. The molecule has 1 aromatic rings. The highest BCUT2D eigenvalue weighted by Crippen LogP contribution is 2.13. The summed E-state index contributed by atoms with van der Waals surface area (Å²) in [7, 11) is 0. The van der Waals surface area contributed by atoms with Crippen molar-refractivity contribution in [1.82, 2.24) is 15.3 Å². The van der Waals surface area contributed by atoms with Crippen molar-refractivity contribution < 1.29 is 4.79 Å². The van der Waals surface area contributed by atoms with Gasteiger partial charge in [-0.05, 0) is 19.8 Å². The van der Waals surface area contributed by atoms with Crippen molar-refractivity contribution in [2.24, 2.45) is 5.92 Å². The van der Waals surface area contributed by atoms with Crippen LogP contribution in [0.25, 0.3) is 0 Å². The second-order valence-electron chi connectivity index (χ2n) is 5.03. The first-order valence-corrected chi connectivity index (χ1v) is 6.85. The van der Waals surface area contributed by atoms with Crippen LogP contribution in [0.3, 0.4) is 0 Å². The van der Waals surface area contributed by atoms with E-state index in [-0.39, 0.29) is 11.9 Å². The van der Waals surface area contributed by atoms with Crippen molar-refractivity contribution in [3.63, 3.8) is 0 Å². The summed E-state index contributed by atoms with van der Waals surface area (Å²) in [5.74, 6) is 1.68. The molecule has 0 radical (unpaired) electrons. The van der Waals surface area contributed by atoms with E-state index in [0.717, 1.165) is 6.54 Å². The zero-order valence-corrected chi connectivity index (χ0v) is 12.5. The van der Waals surface area contributed by atoms with Crippen molar-refractivity contribution in [1.29, 1.82) is 0 Å². The largest absolute Gasteiger partial charge is 0.370 e. The highest BCUT2D eigenvalue weighted by atomic mass is 16.2. The van der Waals surface area contributed by atoms with Gasteiger partial charge in [-0.1, -0.05) is 13.8 Å². The van der Waals surface area contributed by atoms with Crippen molar-refractivity contribution in [3.8, 4) is 0 Å². The summed E-state index contributed by atoms with van der Waals surface area (Å²) >= 11 is 0. The minimum absolute atomic E-state index is 0.0686. The number of nitrogen functional groups attached to an aromatic ring is 1. The smallest absolute Gasteiger partial charge is 0.242 e. The van der Waals surface area contributed by atoms with Crippen LogP contribution in [-0.4, -0.2) is 35.0 Å². The molecule has 1 aromatic heterocycles. The first-order chi connectivity index (χ1) is 9.42. The SMILES string of the molecule is CCNc1cc(NC(C)C(=O)NCC(C)C)nc(N)n1. The number of carbonyl (C=O) groups is 1. The topological polar surface area (TPSA) is 105 Å². The van der Waals surface area contributed by atoms with Gasteiger partial charge < -0.3 is 21.7 Å². The molecule has 1 atom stereocenters. The van der Waals surface area contributed by atoms with Crippen LogP contribution in [0.2, 0.25) is 0 Å². The van der Waals surface area contributed by atoms with E-state index in [1.807, 2.05) is 20.8 Å². The number of carbonyl (C=O) groups excluding carboxylic acids is 1. The number of hydrogen-bond donors (Lipinski definition) is 4. The fourth-order valence-electron chi connectivity index (χ4n) is 1.56. The molecule has 0 saturated carbocycles. The Balaban J connectivity index is 2.65. The van der Waals surface area contributed by atoms with Crippen LogP contribution in [0.4, 0.5) is 17.6 Å². The molecular formula is C13H24N6O. The molecule has 0 spiro atoms. The number of amides is 1. The van der Waals surface area contributed by atoms with Crippen molar-refractivity contribution in [2.75, 3.05) is 29.5 Å². The highest BCUT2D eigenvalue weighted by molar-refractivity contribution is 5.84. The second kappa shape index (κ2) is 7.52. The second-order valence-corrected chi connectivity index (χ2v) is 5.03. The molecule has 1 unspecified atom stereocenters. The zero-order valence-electron chi connectivity index (χ0n) is 12.5. The molecule has 1 heterocycles. The summed E-state index contributed by atoms with van der Waals surface area (Å²) < 4.78 is 0. The molecule has 112 valence electrons. The molecule has 7 heteroatoms. The van der Waals surface area contributed by atoms with E-state index in [1.54, 1.807) is 13.0 Å². The number of aromatic nitrogens is 2. The third kappa shape index (κ3) is 5.29. The predicted molar refractivity (Wildman–Crippen MR) is 81.5 cm³/mol. The first-order valence-electron chi connectivity index (χ1n) is 6.85. The summed E-state index contributed by atoms with van der Waals surface area (Å²) in [6, 6.07) is 1.34. The monoisotopic (exact) mass is 280 g/mol. The molecule has 0 fully saturated rings. The molecule has 0 aliphatic heterocycles. The van der Waals surface area contributed by atoms with E-state index in [4.69, 9.17) is 5.73 Å². The van der Waals surface area contributed by atoms with Gasteiger partial charge in [-0.25, -0.2) is 0 Å². The number of nitrogens with two attached hydrogens (primary N) is 1. The maximum atomic E-state index is 11.9. The highest BCUT2D eigenvalue weighted by Gasteiger charge is 2.14. The molecule has 20 heavy (non-hydrogen) atoms. The molecule has 0 aliphatic rings. The van der Waals surface area contributed by atoms with Crippen LogP contribution in [-0.2, 0) is 4.79 Å². The molecule has 1 rings (SSSR count). The Labute approximate surface area is 119 Å². The van der Waals surface area contributed by atoms with Crippen LogP contribution >= 0.6 is 0 Å².